The maximum Gasteiger partial charge on any atom is 0.226 e. The van der Waals surface area contributed by atoms with Crippen LogP contribution in [0.3, 0.4) is 0 Å². The van der Waals surface area contributed by atoms with Crippen molar-refractivity contribution in [3.63, 3.8) is 0 Å². The van der Waals surface area contributed by atoms with Gasteiger partial charge in [-0.1, -0.05) is 67.6 Å². The lowest BCUT2D eigenvalue weighted by atomic mass is 10.0. The summed E-state index contributed by atoms with van der Waals surface area (Å²) in [6.07, 6.45) is 1.21. The minimum atomic E-state index is 0.0130. The number of amides is 1. The quantitative estimate of drug-likeness (QED) is 0.718. The zero-order chi connectivity index (χ0) is 16.2. The summed E-state index contributed by atoms with van der Waals surface area (Å²) in [6, 6.07) is 16.3. The van der Waals surface area contributed by atoms with Crippen molar-refractivity contribution in [2.45, 2.75) is 32.6 Å². The molecule has 1 heterocycles. The Balaban J connectivity index is 1.69. The smallest absolute Gasteiger partial charge is 0.226 e. The third-order valence-corrected chi connectivity index (χ3v) is 4.74. The van der Waals surface area contributed by atoms with Crippen molar-refractivity contribution in [3.05, 3.63) is 59.7 Å². The van der Waals surface area contributed by atoms with Crippen LogP contribution in [-0.4, -0.2) is 10.9 Å². The van der Waals surface area contributed by atoms with Gasteiger partial charge in [-0.2, -0.15) is 0 Å². The highest BCUT2D eigenvalue weighted by Crippen LogP contribution is 2.31. The first-order chi connectivity index (χ1) is 11.1. The van der Waals surface area contributed by atoms with E-state index in [1.54, 1.807) is 0 Å². The SMILES string of the molecule is CC(C)c1cccc2sc(NC(=O)CCc3ccccc3)nc12. The lowest BCUT2D eigenvalue weighted by molar-refractivity contribution is -0.116. The molecule has 0 aliphatic rings. The number of para-hydroxylation sites is 1. The number of benzene rings is 2. The Kier molecular flexibility index (Phi) is 4.72. The number of carbonyl (C=O) groups is 1. The van der Waals surface area contributed by atoms with Crippen molar-refractivity contribution in [1.29, 1.82) is 0 Å². The van der Waals surface area contributed by atoms with Crippen LogP contribution in [0, 0.1) is 0 Å². The van der Waals surface area contributed by atoms with Gasteiger partial charge < -0.3 is 5.32 Å². The Labute approximate surface area is 140 Å². The number of aryl methyl sites for hydroxylation is 1. The Morgan fingerprint density at radius 3 is 2.65 bits per heavy atom. The molecular weight excluding hydrogens is 304 g/mol. The lowest BCUT2D eigenvalue weighted by Gasteiger charge is -2.04. The molecule has 3 nitrogen and oxygen atoms in total. The summed E-state index contributed by atoms with van der Waals surface area (Å²) < 4.78 is 1.12. The minimum absolute atomic E-state index is 0.0130. The molecule has 0 saturated carbocycles. The number of hydrogen-bond acceptors (Lipinski definition) is 3. The first kappa shape index (κ1) is 15.7. The van der Waals surface area contributed by atoms with E-state index in [1.165, 1.54) is 22.5 Å². The van der Waals surface area contributed by atoms with E-state index in [0.29, 0.717) is 17.5 Å². The molecule has 0 spiro atoms. The van der Waals surface area contributed by atoms with Crippen LogP contribution in [0.15, 0.2) is 48.5 Å². The monoisotopic (exact) mass is 324 g/mol. The average molecular weight is 324 g/mol. The Hall–Kier alpha value is -2.20. The van der Waals surface area contributed by atoms with Crippen molar-refractivity contribution in [2.75, 3.05) is 5.32 Å². The van der Waals surface area contributed by atoms with E-state index in [4.69, 9.17) is 0 Å². The molecule has 0 fully saturated rings. The second-order valence-corrected chi connectivity index (χ2v) is 6.93. The third-order valence-electron chi connectivity index (χ3n) is 3.80. The summed E-state index contributed by atoms with van der Waals surface area (Å²) in [5, 5.41) is 3.62. The van der Waals surface area contributed by atoms with Gasteiger partial charge in [0.15, 0.2) is 5.13 Å². The molecule has 1 aromatic heterocycles. The summed E-state index contributed by atoms with van der Waals surface area (Å²) in [5.74, 6) is 0.432. The van der Waals surface area contributed by atoms with Crippen molar-refractivity contribution in [2.24, 2.45) is 0 Å². The number of rotatable bonds is 5. The Morgan fingerprint density at radius 2 is 1.91 bits per heavy atom. The van der Waals surface area contributed by atoms with Gasteiger partial charge in [-0.3, -0.25) is 4.79 Å². The Morgan fingerprint density at radius 1 is 1.13 bits per heavy atom. The van der Waals surface area contributed by atoms with Gasteiger partial charge in [0.1, 0.15) is 0 Å². The van der Waals surface area contributed by atoms with Gasteiger partial charge in [0.05, 0.1) is 10.2 Å². The van der Waals surface area contributed by atoms with Gasteiger partial charge in [-0.25, -0.2) is 4.98 Å². The molecular formula is C19H20N2OS. The number of thiazole rings is 1. The molecule has 23 heavy (non-hydrogen) atoms. The van der Waals surface area contributed by atoms with Gasteiger partial charge in [0.2, 0.25) is 5.91 Å². The van der Waals surface area contributed by atoms with Gasteiger partial charge in [0, 0.05) is 6.42 Å². The molecule has 3 aromatic rings. The number of anilines is 1. The van der Waals surface area contributed by atoms with E-state index in [0.717, 1.165) is 16.6 Å². The third kappa shape index (κ3) is 3.77. The molecule has 0 aliphatic heterocycles. The van der Waals surface area contributed by atoms with Crippen molar-refractivity contribution >= 4 is 32.6 Å². The predicted octanol–water partition coefficient (Wildman–Crippen LogP) is 4.99. The number of nitrogens with one attached hydrogen (secondary N) is 1. The fourth-order valence-electron chi connectivity index (χ4n) is 2.57. The highest BCUT2D eigenvalue weighted by atomic mass is 32.1. The second-order valence-electron chi connectivity index (χ2n) is 5.90. The van der Waals surface area contributed by atoms with Crippen LogP contribution in [0.2, 0.25) is 0 Å². The lowest BCUT2D eigenvalue weighted by Crippen LogP contribution is -2.12. The first-order valence-corrected chi connectivity index (χ1v) is 8.68. The largest absolute Gasteiger partial charge is 0.302 e. The van der Waals surface area contributed by atoms with Crippen LogP contribution in [0.4, 0.5) is 5.13 Å². The van der Waals surface area contributed by atoms with Crippen molar-refractivity contribution in [1.82, 2.24) is 4.98 Å². The van der Waals surface area contributed by atoms with Crippen molar-refractivity contribution in [3.8, 4) is 0 Å². The molecule has 2 aromatic carbocycles. The second kappa shape index (κ2) is 6.92. The van der Waals surface area contributed by atoms with Crippen LogP contribution >= 0.6 is 11.3 Å². The number of carbonyl (C=O) groups excluding carboxylic acids is 1. The zero-order valence-corrected chi connectivity index (χ0v) is 14.2. The summed E-state index contributed by atoms with van der Waals surface area (Å²) in [4.78, 5) is 16.8. The molecule has 0 unspecified atom stereocenters. The molecule has 0 aliphatic carbocycles. The van der Waals surface area contributed by atoms with Gasteiger partial charge in [-0.05, 0) is 29.5 Å². The fraction of sp³-hybridized carbons (Fsp3) is 0.263. The molecule has 0 atom stereocenters. The predicted molar refractivity (Wildman–Crippen MR) is 97.1 cm³/mol. The molecule has 1 amide bonds. The number of nitrogens with zero attached hydrogens (tertiary/aromatic N) is 1. The maximum atomic E-state index is 12.1. The highest BCUT2D eigenvalue weighted by Gasteiger charge is 2.12. The van der Waals surface area contributed by atoms with E-state index in [1.807, 2.05) is 30.3 Å². The molecule has 118 valence electrons. The summed E-state index contributed by atoms with van der Waals surface area (Å²) >= 11 is 1.54. The number of aromatic nitrogens is 1. The minimum Gasteiger partial charge on any atom is -0.302 e. The fourth-order valence-corrected chi connectivity index (χ4v) is 3.49. The molecule has 3 rings (SSSR count). The van der Waals surface area contributed by atoms with Crippen molar-refractivity contribution < 1.29 is 4.79 Å². The van der Waals surface area contributed by atoms with Crippen LogP contribution in [0.25, 0.3) is 10.2 Å². The maximum absolute atomic E-state index is 12.1. The van der Waals surface area contributed by atoms with E-state index >= 15 is 0 Å². The normalized spacial score (nSPS) is 11.1. The topological polar surface area (TPSA) is 42.0 Å². The molecule has 0 saturated heterocycles. The highest BCUT2D eigenvalue weighted by molar-refractivity contribution is 7.22. The number of fused-ring (bicyclic) bond motifs is 1. The van der Waals surface area contributed by atoms with Crippen LogP contribution in [-0.2, 0) is 11.2 Å². The first-order valence-electron chi connectivity index (χ1n) is 7.86. The van der Waals surface area contributed by atoms with Crippen LogP contribution in [0.1, 0.15) is 37.3 Å². The molecule has 0 radical (unpaired) electrons. The summed E-state index contributed by atoms with van der Waals surface area (Å²) in [6.45, 7) is 4.32. The molecule has 0 bridgehead atoms. The molecule has 1 N–H and O–H groups in total. The van der Waals surface area contributed by atoms with E-state index in [9.17, 15) is 4.79 Å². The Bertz CT molecular complexity index is 809. The molecule has 4 heteroatoms. The summed E-state index contributed by atoms with van der Waals surface area (Å²) in [5.41, 5.74) is 3.41. The van der Waals surface area contributed by atoms with Gasteiger partial charge in [0.25, 0.3) is 0 Å². The van der Waals surface area contributed by atoms with E-state index in [-0.39, 0.29) is 5.91 Å². The van der Waals surface area contributed by atoms with Crippen LogP contribution in [0.5, 0.6) is 0 Å². The van der Waals surface area contributed by atoms with Gasteiger partial charge >= 0.3 is 0 Å². The van der Waals surface area contributed by atoms with Crippen LogP contribution < -0.4 is 5.32 Å². The standard InChI is InChI=1S/C19H20N2OS/c1-13(2)15-9-6-10-16-18(15)21-19(23-16)20-17(22)12-11-14-7-4-3-5-8-14/h3-10,13H,11-12H2,1-2H3,(H,20,21,22). The number of hydrogen-bond donors (Lipinski definition) is 1. The van der Waals surface area contributed by atoms with Gasteiger partial charge in [-0.15, -0.1) is 0 Å². The zero-order valence-electron chi connectivity index (χ0n) is 13.4. The van der Waals surface area contributed by atoms with E-state index in [2.05, 4.69) is 42.3 Å². The van der Waals surface area contributed by atoms with E-state index < -0.39 is 0 Å². The summed E-state index contributed by atoms with van der Waals surface area (Å²) in [7, 11) is 0. The average Bonchev–Trinajstić information content (AvgIpc) is 2.95.